The van der Waals surface area contributed by atoms with Crippen LogP contribution in [0.4, 0.5) is 5.69 Å². The van der Waals surface area contributed by atoms with Gasteiger partial charge in [0.1, 0.15) is 5.75 Å². The number of nitrogens with zero attached hydrogens (tertiary/aromatic N) is 1. The minimum absolute atomic E-state index is 0.0105. The van der Waals surface area contributed by atoms with Crippen molar-refractivity contribution in [2.24, 2.45) is 0 Å². The summed E-state index contributed by atoms with van der Waals surface area (Å²) in [5, 5.41) is 0. The van der Waals surface area contributed by atoms with E-state index in [2.05, 4.69) is 0 Å². The lowest BCUT2D eigenvalue weighted by molar-refractivity contribution is -0.134. The molecule has 0 unspecified atom stereocenters. The molecule has 0 bridgehead atoms. The molecular weight excluding hydrogens is 252 g/mol. The van der Waals surface area contributed by atoms with E-state index in [1.807, 2.05) is 48.5 Å². The van der Waals surface area contributed by atoms with E-state index in [4.69, 9.17) is 10.5 Å². The van der Waals surface area contributed by atoms with E-state index in [-0.39, 0.29) is 12.5 Å². The van der Waals surface area contributed by atoms with Gasteiger partial charge in [-0.25, -0.2) is 0 Å². The topological polar surface area (TPSA) is 55.6 Å². The van der Waals surface area contributed by atoms with Gasteiger partial charge in [0.25, 0.3) is 5.91 Å². The van der Waals surface area contributed by atoms with Gasteiger partial charge in [-0.2, -0.15) is 0 Å². The number of para-hydroxylation sites is 1. The SMILES string of the molecule is Nc1ccc2c(c1)CN(C(=O)COc1ccccc1)C2. The number of carbonyl (C=O) groups excluding carboxylic acids is 1. The van der Waals surface area contributed by atoms with E-state index in [0.29, 0.717) is 18.8 Å². The molecule has 102 valence electrons. The first-order chi connectivity index (χ1) is 9.72. The average molecular weight is 268 g/mol. The number of benzene rings is 2. The summed E-state index contributed by atoms with van der Waals surface area (Å²) in [4.78, 5) is 13.9. The third-order valence-corrected chi connectivity index (χ3v) is 3.41. The van der Waals surface area contributed by atoms with Gasteiger partial charge in [0, 0.05) is 18.8 Å². The van der Waals surface area contributed by atoms with Crippen LogP contribution in [0.5, 0.6) is 5.75 Å². The predicted octanol–water partition coefficient (Wildman–Crippen LogP) is 2.19. The maximum atomic E-state index is 12.1. The van der Waals surface area contributed by atoms with Crippen molar-refractivity contribution in [1.82, 2.24) is 4.90 Å². The van der Waals surface area contributed by atoms with E-state index in [1.165, 1.54) is 0 Å². The van der Waals surface area contributed by atoms with Gasteiger partial charge in [-0.3, -0.25) is 4.79 Å². The Kier molecular flexibility index (Phi) is 3.29. The van der Waals surface area contributed by atoms with E-state index in [0.717, 1.165) is 16.8 Å². The van der Waals surface area contributed by atoms with Crippen LogP contribution in [0, 0.1) is 0 Å². The summed E-state index contributed by atoms with van der Waals surface area (Å²) in [6.07, 6.45) is 0. The molecule has 0 radical (unpaired) electrons. The fourth-order valence-corrected chi connectivity index (χ4v) is 2.34. The lowest BCUT2D eigenvalue weighted by Crippen LogP contribution is -2.30. The highest BCUT2D eigenvalue weighted by Crippen LogP contribution is 2.24. The molecule has 1 aliphatic rings. The Bertz CT molecular complexity index is 626. The Hall–Kier alpha value is -2.49. The molecule has 2 aromatic rings. The summed E-state index contributed by atoms with van der Waals surface area (Å²) in [7, 11) is 0. The molecule has 3 rings (SSSR count). The molecule has 0 fully saturated rings. The zero-order valence-corrected chi connectivity index (χ0v) is 11.1. The normalized spacial score (nSPS) is 13.1. The predicted molar refractivity (Wildman–Crippen MR) is 77.0 cm³/mol. The van der Waals surface area contributed by atoms with Gasteiger partial charge in [0.05, 0.1) is 0 Å². The molecule has 0 spiro atoms. The number of hydrogen-bond donors (Lipinski definition) is 1. The van der Waals surface area contributed by atoms with E-state index >= 15 is 0 Å². The summed E-state index contributed by atoms with van der Waals surface area (Å²) in [5.41, 5.74) is 8.78. The first-order valence-electron chi connectivity index (χ1n) is 6.55. The molecule has 1 amide bonds. The van der Waals surface area contributed by atoms with Crippen molar-refractivity contribution in [3.63, 3.8) is 0 Å². The van der Waals surface area contributed by atoms with Crippen LogP contribution in [0.2, 0.25) is 0 Å². The number of ether oxygens (including phenoxy) is 1. The Morgan fingerprint density at radius 2 is 1.85 bits per heavy atom. The number of rotatable bonds is 3. The highest BCUT2D eigenvalue weighted by atomic mass is 16.5. The van der Waals surface area contributed by atoms with Gasteiger partial charge < -0.3 is 15.4 Å². The fourth-order valence-electron chi connectivity index (χ4n) is 2.34. The Balaban J connectivity index is 1.60. The number of nitrogens with two attached hydrogens (primary N) is 1. The zero-order chi connectivity index (χ0) is 13.9. The van der Waals surface area contributed by atoms with Gasteiger partial charge in [0.2, 0.25) is 0 Å². The van der Waals surface area contributed by atoms with Crippen LogP contribution >= 0.6 is 0 Å². The number of hydrogen-bond acceptors (Lipinski definition) is 3. The molecule has 2 aromatic carbocycles. The highest BCUT2D eigenvalue weighted by Gasteiger charge is 2.23. The summed E-state index contributed by atoms with van der Waals surface area (Å²) in [5.74, 6) is 0.699. The molecule has 1 heterocycles. The van der Waals surface area contributed by atoms with Crippen molar-refractivity contribution in [2.45, 2.75) is 13.1 Å². The lowest BCUT2D eigenvalue weighted by atomic mass is 10.1. The summed E-state index contributed by atoms with van der Waals surface area (Å²) in [6, 6.07) is 15.1. The van der Waals surface area contributed by atoms with E-state index < -0.39 is 0 Å². The Morgan fingerprint density at radius 3 is 2.65 bits per heavy atom. The van der Waals surface area contributed by atoms with Crippen molar-refractivity contribution >= 4 is 11.6 Å². The maximum Gasteiger partial charge on any atom is 0.261 e. The molecule has 0 aromatic heterocycles. The second-order valence-electron chi connectivity index (χ2n) is 4.88. The van der Waals surface area contributed by atoms with Crippen LogP contribution in [-0.2, 0) is 17.9 Å². The summed E-state index contributed by atoms with van der Waals surface area (Å²) >= 11 is 0. The van der Waals surface area contributed by atoms with Gasteiger partial charge in [-0.1, -0.05) is 24.3 Å². The fraction of sp³-hybridized carbons (Fsp3) is 0.188. The molecule has 0 atom stereocenters. The van der Waals surface area contributed by atoms with Crippen LogP contribution in [0.3, 0.4) is 0 Å². The molecule has 0 saturated heterocycles. The first-order valence-corrected chi connectivity index (χ1v) is 6.55. The molecule has 20 heavy (non-hydrogen) atoms. The zero-order valence-electron chi connectivity index (χ0n) is 11.1. The second-order valence-corrected chi connectivity index (χ2v) is 4.88. The van der Waals surface area contributed by atoms with Crippen molar-refractivity contribution < 1.29 is 9.53 Å². The highest BCUT2D eigenvalue weighted by molar-refractivity contribution is 5.78. The van der Waals surface area contributed by atoms with Crippen molar-refractivity contribution in [3.05, 3.63) is 59.7 Å². The molecule has 1 aliphatic heterocycles. The van der Waals surface area contributed by atoms with Gasteiger partial charge in [-0.15, -0.1) is 0 Å². The number of anilines is 1. The van der Waals surface area contributed by atoms with Crippen LogP contribution in [-0.4, -0.2) is 17.4 Å². The second kappa shape index (κ2) is 5.25. The smallest absolute Gasteiger partial charge is 0.261 e. The van der Waals surface area contributed by atoms with Gasteiger partial charge in [-0.05, 0) is 35.4 Å². The monoisotopic (exact) mass is 268 g/mol. The number of nitrogen functional groups attached to an aromatic ring is 1. The lowest BCUT2D eigenvalue weighted by Gasteiger charge is -2.15. The van der Waals surface area contributed by atoms with Crippen molar-refractivity contribution in [3.8, 4) is 5.75 Å². The number of carbonyl (C=O) groups is 1. The maximum absolute atomic E-state index is 12.1. The van der Waals surface area contributed by atoms with Crippen LogP contribution < -0.4 is 10.5 Å². The Morgan fingerprint density at radius 1 is 1.10 bits per heavy atom. The summed E-state index contributed by atoms with van der Waals surface area (Å²) in [6.45, 7) is 1.30. The standard InChI is InChI=1S/C16H16N2O2/c17-14-7-6-12-9-18(10-13(12)8-14)16(19)11-20-15-4-2-1-3-5-15/h1-8H,9-11,17H2. The van der Waals surface area contributed by atoms with E-state index in [1.54, 1.807) is 4.90 Å². The van der Waals surface area contributed by atoms with Crippen LogP contribution in [0.1, 0.15) is 11.1 Å². The van der Waals surface area contributed by atoms with Crippen LogP contribution in [0.25, 0.3) is 0 Å². The molecule has 2 N–H and O–H groups in total. The third-order valence-electron chi connectivity index (χ3n) is 3.41. The molecular formula is C16H16N2O2. The molecule has 4 nitrogen and oxygen atoms in total. The van der Waals surface area contributed by atoms with Gasteiger partial charge >= 0.3 is 0 Å². The Labute approximate surface area is 117 Å². The minimum Gasteiger partial charge on any atom is -0.484 e. The average Bonchev–Trinajstić information content (AvgIpc) is 2.89. The van der Waals surface area contributed by atoms with Crippen molar-refractivity contribution in [2.75, 3.05) is 12.3 Å². The molecule has 0 saturated carbocycles. The molecule has 4 heteroatoms. The van der Waals surface area contributed by atoms with Crippen LogP contribution in [0.15, 0.2) is 48.5 Å². The number of fused-ring (bicyclic) bond motifs is 1. The molecule has 0 aliphatic carbocycles. The third kappa shape index (κ3) is 2.59. The first kappa shape index (κ1) is 12.5. The quantitative estimate of drug-likeness (QED) is 0.868. The summed E-state index contributed by atoms with van der Waals surface area (Å²) < 4.78 is 5.49. The van der Waals surface area contributed by atoms with E-state index in [9.17, 15) is 4.79 Å². The largest absolute Gasteiger partial charge is 0.484 e. The minimum atomic E-state index is -0.0105. The number of amides is 1. The van der Waals surface area contributed by atoms with Gasteiger partial charge in [0.15, 0.2) is 6.61 Å². The van der Waals surface area contributed by atoms with Crippen molar-refractivity contribution in [1.29, 1.82) is 0 Å².